The van der Waals surface area contributed by atoms with Gasteiger partial charge in [-0.25, -0.2) is 4.98 Å². The molecule has 2 aromatic carbocycles. The molecule has 3 rings (SSSR count). The van der Waals surface area contributed by atoms with Crippen LogP contribution in [0.4, 0.5) is 0 Å². The number of amides is 1. The Balaban J connectivity index is 1.64. The highest BCUT2D eigenvalue weighted by Crippen LogP contribution is 2.19. The van der Waals surface area contributed by atoms with E-state index in [-0.39, 0.29) is 12.5 Å². The molecular formula is C17H11ClN2OS. The van der Waals surface area contributed by atoms with Gasteiger partial charge in [0.15, 0.2) is 0 Å². The van der Waals surface area contributed by atoms with Crippen LogP contribution in [-0.2, 0) is 0 Å². The number of nitrogens with one attached hydrogen (secondary N) is 1. The third-order valence-corrected chi connectivity index (χ3v) is 4.15. The van der Waals surface area contributed by atoms with Gasteiger partial charge in [-0.2, -0.15) is 0 Å². The van der Waals surface area contributed by atoms with Crippen molar-refractivity contribution in [3.8, 4) is 11.8 Å². The van der Waals surface area contributed by atoms with E-state index in [9.17, 15) is 4.79 Å². The van der Waals surface area contributed by atoms with Gasteiger partial charge in [-0.15, -0.1) is 11.3 Å². The summed E-state index contributed by atoms with van der Waals surface area (Å²) in [6, 6.07) is 12.8. The van der Waals surface area contributed by atoms with E-state index in [1.54, 1.807) is 17.6 Å². The minimum atomic E-state index is -0.149. The number of aromatic nitrogens is 1. The lowest BCUT2D eigenvalue weighted by Crippen LogP contribution is -2.23. The predicted molar refractivity (Wildman–Crippen MR) is 90.3 cm³/mol. The van der Waals surface area contributed by atoms with Crippen LogP contribution in [-0.4, -0.2) is 17.4 Å². The minimum absolute atomic E-state index is 0.149. The highest BCUT2D eigenvalue weighted by atomic mass is 35.5. The van der Waals surface area contributed by atoms with E-state index in [0.717, 1.165) is 15.8 Å². The summed E-state index contributed by atoms with van der Waals surface area (Å²) in [5.41, 5.74) is 4.03. The number of hydrogen-bond acceptors (Lipinski definition) is 3. The molecule has 0 spiro atoms. The summed E-state index contributed by atoms with van der Waals surface area (Å²) in [5, 5.41) is 3.38. The molecule has 108 valence electrons. The van der Waals surface area contributed by atoms with Crippen LogP contribution in [0.3, 0.4) is 0 Å². The van der Waals surface area contributed by atoms with E-state index >= 15 is 0 Å². The quantitative estimate of drug-likeness (QED) is 0.729. The van der Waals surface area contributed by atoms with E-state index in [1.807, 2.05) is 30.3 Å². The molecule has 3 aromatic rings. The predicted octanol–water partition coefficient (Wildman–Crippen LogP) is 3.73. The molecule has 0 radical (unpaired) electrons. The van der Waals surface area contributed by atoms with Crippen LogP contribution in [0, 0.1) is 11.8 Å². The number of rotatable bonds is 2. The number of nitrogens with zero attached hydrogens (tertiary/aromatic N) is 1. The number of carbonyl (C=O) groups is 1. The van der Waals surface area contributed by atoms with Crippen LogP contribution in [0.2, 0.25) is 5.02 Å². The molecule has 1 heterocycles. The Morgan fingerprint density at radius 1 is 1.27 bits per heavy atom. The summed E-state index contributed by atoms with van der Waals surface area (Å²) < 4.78 is 0.995. The molecule has 5 heteroatoms. The molecule has 0 aliphatic rings. The molecule has 0 bridgehead atoms. The number of halogens is 1. The first-order chi connectivity index (χ1) is 10.7. The first kappa shape index (κ1) is 14.6. The SMILES string of the molecule is O=C(NCC#Cc1ccccc1Cl)c1ccc2ncsc2c1. The Morgan fingerprint density at radius 3 is 3.00 bits per heavy atom. The zero-order valence-electron chi connectivity index (χ0n) is 11.5. The van der Waals surface area contributed by atoms with E-state index in [2.05, 4.69) is 22.1 Å². The van der Waals surface area contributed by atoms with Crippen molar-refractivity contribution in [2.75, 3.05) is 6.54 Å². The van der Waals surface area contributed by atoms with E-state index in [4.69, 9.17) is 11.6 Å². The number of thiazole rings is 1. The molecule has 1 aromatic heterocycles. The number of benzene rings is 2. The zero-order valence-corrected chi connectivity index (χ0v) is 13.0. The Bertz CT molecular complexity index is 892. The topological polar surface area (TPSA) is 42.0 Å². The number of fused-ring (bicyclic) bond motifs is 1. The lowest BCUT2D eigenvalue weighted by atomic mass is 10.2. The van der Waals surface area contributed by atoms with Crippen LogP contribution in [0.1, 0.15) is 15.9 Å². The van der Waals surface area contributed by atoms with Gasteiger partial charge in [-0.05, 0) is 30.3 Å². The standard InChI is InChI=1S/C17H11ClN2OS/c18-14-6-2-1-4-12(14)5-3-9-19-17(21)13-7-8-15-16(10-13)22-11-20-15/h1-2,4,6-8,10-11H,9H2,(H,19,21). The van der Waals surface area contributed by atoms with Gasteiger partial charge in [-0.1, -0.05) is 35.6 Å². The first-order valence-electron chi connectivity index (χ1n) is 6.59. The maximum absolute atomic E-state index is 12.1. The smallest absolute Gasteiger partial charge is 0.252 e. The van der Waals surface area contributed by atoms with Crippen molar-refractivity contribution in [3.63, 3.8) is 0 Å². The summed E-state index contributed by atoms with van der Waals surface area (Å²) in [5.74, 6) is 5.69. The van der Waals surface area contributed by atoms with Crippen molar-refractivity contribution >= 4 is 39.1 Å². The third kappa shape index (κ3) is 3.28. The highest BCUT2D eigenvalue weighted by molar-refractivity contribution is 7.16. The second-order valence-corrected chi connectivity index (χ2v) is 5.79. The Labute approximate surface area is 137 Å². The van der Waals surface area contributed by atoms with E-state index < -0.39 is 0 Å². The van der Waals surface area contributed by atoms with E-state index in [1.165, 1.54) is 11.3 Å². The Morgan fingerprint density at radius 2 is 2.14 bits per heavy atom. The minimum Gasteiger partial charge on any atom is -0.341 e. The Kier molecular flexibility index (Phi) is 4.38. The molecule has 0 saturated heterocycles. The first-order valence-corrected chi connectivity index (χ1v) is 7.84. The lowest BCUT2D eigenvalue weighted by molar-refractivity contribution is 0.0959. The summed E-state index contributed by atoms with van der Waals surface area (Å²) >= 11 is 7.52. The van der Waals surface area contributed by atoms with Crippen LogP contribution in [0.5, 0.6) is 0 Å². The number of carbonyl (C=O) groups excluding carboxylic acids is 1. The van der Waals surface area contributed by atoms with Crippen molar-refractivity contribution in [1.82, 2.24) is 10.3 Å². The fourth-order valence-electron chi connectivity index (χ4n) is 1.92. The van der Waals surface area contributed by atoms with Gasteiger partial charge in [-0.3, -0.25) is 4.79 Å². The van der Waals surface area contributed by atoms with Crippen molar-refractivity contribution in [3.05, 3.63) is 64.1 Å². The summed E-state index contributed by atoms with van der Waals surface area (Å²) in [4.78, 5) is 16.3. The largest absolute Gasteiger partial charge is 0.341 e. The molecule has 0 unspecified atom stereocenters. The summed E-state index contributed by atoms with van der Waals surface area (Å²) in [6.45, 7) is 0.269. The van der Waals surface area contributed by atoms with Crippen molar-refractivity contribution in [2.24, 2.45) is 0 Å². The van der Waals surface area contributed by atoms with Gasteiger partial charge in [0.05, 0.1) is 27.3 Å². The molecule has 1 N–H and O–H groups in total. The molecule has 0 aliphatic carbocycles. The fourth-order valence-corrected chi connectivity index (χ4v) is 2.82. The van der Waals surface area contributed by atoms with Gasteiger partial charge >= 0.3 is 0 Å². The van der Waals surface area contributed by atoms with Gasteiger partial charge < -0.3 is 5.32 Å². The molecule has 0 fully saturated rings. The average molecular weight is 327 g/mol. The van der Waals surface area contributed by atoms with Crippen LogP contribution < -0.4 is 5.32 Å². The van der Waals surface area contributed by atoms with Gasteiger partial charge in [0.25, 0.3) is 5.91 Å². The normalized spacial score (nSPS) is 10.0. The molecule has 1 amide bonds. The molecule has 0 atom stereocenters. The zero-order chi connectivity index (χ0) is 15.4. The molecular weight excluding hydrogens is 316 g/mol. The Hall–Kier alpha value is -2.35. The molecule has 0 aliphatic heterocycles. The summed E-state index contributed by atoms with van der Waals surface area (Å²) in [6.07, 6.45) is 0. The lowest BCUT2D eigenvalue weighted by Gasteiger charge is -2.01. The maximum Gasteiger partial charge on any atom is 0.252 e. The second-order valence-electron chi connectivity index (χ2n) is 4.50. The molecule has 0 saturated carbocycles. The van der Waals surface area contributed by atoms with Gasteiger partial charge in [0, 0.05) is 11.1 Å². The fraction of sp³-hybridized carbons (Fsp3) is 0.0588. The second kappa shape index (κ2) is 6.61. The van der Waals surface area contributed by atoms with Crippen LogP contribution >= 0.6 is 22.9 Å². The summed E-state index contributed by atoms with van der Waals surface area (Å²) in [7, 11) is 0. The van der Waals surface area contributed by atoms with Gasteiger partial charge in [0.2, 0.25) is 0 Å². The van der Waals surface area contributed by atoms with E-state index in [0.29, 0.717) is 10.6 Å². The van der Waals surface area contributed by atoms with Crippen molar-refractivity contribution in [2.45, 2.75) is 0 Å². The maximum atomic E-state index is 12.1. The third-order valence-electron chi connectivity index (χ3n) is 3.03. The van der Waals surface area contributed by atoms with Crippen LogP contribution in [0.15, 0.2) is 48.0 Å². The van der Waals surface area contributed by atoms with Crippen molar-refractivity contribution < 1.29 is 4.79 Å². The van der Waals surface area contributed by atoms with Crippen molar-refractivity contribution in [1.29, 1.82) is 0 Å². The highest BCUT2D eigenvalue weighted by Gasteiger charge is 2.06. The molecule has 3 nitrogen and oxygen atoms in total. The molecule has 22 heavy (non-hydrogen) atoms. The number of hydrogen-bond donors (Lipinski definition) is 1. The van der Waals surface area contributed by atoms with Gasteiger partial charge in [0.1, 0.15) is 0 Å². The van der Waals surface area contributed by atoms with Crippen LogP contribution in [0.25, 0.3) is 10.2 Å². The average Bonchev–Trinajstić information content (AvgIpc) is 3.00. The monoisotopic (exact) mass is 326 g/mol.